The van der Waals surface area contributed by atoms with Crippen LogP contribution < -0.4 is 5.32 Å². The van der Waals surface area contributed by atoms with Crippen molar-refractivity contribution < 1.29 is 4.79 Å². The molecule has 1 saturated heterocycles. The van der Waals surface area contributed by atoms with Crippen LogP contribution >= 0.6 is 0 Å². The normalized spacial score (nSPS) is 18.6. The van der Waals surface area contributed by atoms with Crippen molar-refractivity contribution in [2.45, 2.75) is 19.4 Å². The van der Waals surface area contributed by atoms with E-state index in [0.29, 0.717) is 5.56 Å². The Morgan fingerprint density at radius 2 is 2.35 bits per heavy atom. The maximum absolute atomic E-state index is 12.7. The zero-order valence-corrected chi connectivity index (χ0v) is 12.1. The van der Waals surface area contributed by atoms with Gasteiger partial charge in [0, 0.05) is 32.4 Å². The average Bonchev–Trinajstić information content (AvgIpc) is 3.07. The van der Waals surface area contributed by atoms with Crippen molar-refractivity contribution in [1.29, 1.82) is 0 Å². The van der Waals surface area contributed by atoms with E-state index in [4.69, 9.17) is 0 Å². The lowest BCUT2D eigenvalue weighted by molar-refractivity contribution is 0.0745. The molecule has 0 radical (unpaired) electrons. The van der Waals surface area contributed by atoms with E-state index >= 15 is 0 Å². The summed E-state index contributed by atoms with van der Waals surface area (Å²) in [6.07, 6.45) is 2.72. The summed E-state index contributed by atoms with van der Waals surface area (Å²) in [4.78, 5) is 19.0. The number of carbonyl (C=O) groups is 1. The number of rotatable bonds is 2. The number of likely N-dealkylation sites (N-methyl/N-ethyl adjacent to an activating group) is 1. The molecule has 1 amide bonds. The number of amides is 1. The highest BCUT2D eigenvalue weighted by atomic mass is 16.2. The standard InChI is InChI=1S/C14H19N5O/c1-9-6-11(12-8-16-19(3)13(12)17-9)14(20)18(2)10-4-5-15-7-10/h6,8,10,15H,4-5,7H2,1-3H3. The molecule has 0 bridgehead atoms. The Hall–Kier alpha value is -1.95. The fraction of sp³-hybridized carbons (Fsp3) is 0.500. The SMILES string of the molecule is Cc1cc(C(=O)N(C)C2CCNC2)c2cnn(C)c2n1. The van der Waals surface area contributed by atoms with E-state index in [1.54, 1.807) is 10.9 Å². The van der Waals surface area contributed by atoms with Gasteiger partial charge in [-0.1, -0.05) is 0 Å². The molecule has 6 nitrogen and oxygen atoms in total. The first-order valence-corrected chi connectivity index (χ1v) is 6.85. The Bertz CT molecular complexity index is 657. The highest BCUT2D eigenvalue weighted by Crippen LogP contribution is 2.20. The van der Waals surface area contributed by atoms with Crippen LogP contribution in [0.3, 0.4) is 0 Å². The summed E-state index contributed by atoms with van der Waals surface area (Å²) in [5.41, 5.74) is 2.28. The molecule has 3 heterocycles. The Labute approximate surface area is 117 Å². The van der Waals surface area contributed by atoms with Crippen LogP contribution in [-0.4, -0.2) is 51.8 Å². The summed E-state index contributed by atoms with van der Waals surface area (Å²) in [6, 6.07) is 2.12. The van der Waals surface area contributed by atoms with Crippen LogP contribution in [0.5, 0.6) is 0 Å². The number of nitrogens with zero attached hydrogens (tertiary/aromatic N) is 4. The second-order valence-corrected chi connectivity index (χ2v) is 5.38. The minimum Gasteiger partial charge on any atom is -0.337 e. The number of hydrogen-bond donors (Lipinski definition) is 1. The molecule has 1 N–H and O–H groups in total. The summed E-state index contributed by atoms with van der Waals surface area (Å²) < 4.78 is 1.70. The van der Waals surface area contributed by atoms with Crippen molar-refractivity contribution in [2.75, 3.05) is 20.1 Å². The van der Waals surface area contributed by atoms with Gasteiger partial charge < -0.3 is 10.2 Å². The number of carbonyl (C=O) groups excluding carboxylic acids is 1. The average molecular weight is 273 g/mol. The van der Waals surface area contributed by atoms with Crippen molar-refractivity contribution in [3.05, 3.63) is 23.5 Å². The van der Waals surface area contributed by atoms with Gasteiger partial charge in [-0.15, -0.1) is 0 Å². The molecule has 2 aromatic rings. The monoisotopic (exact) mass is 273 g/mol. The van der Waals surface area contributed by atoms with Crippen LogP contribution in [0.1, 0.15) is 22.5 Å². The molecule has 106 valence electrons. The molecule has 20 heavy (non-hydrogen) atoms. The molecule has 6 heteroatoms. The third-order valence-electron chi connectivity index (χ3n) is 3.97. The van der Waals surface area contributed by atoms with Crippen LogP contribution in [0.2, 0.25) is 0 Å². The van der Waals surface area contributed by atoms with Crippen LogP contribution in [0, 0.1) is 6.92 Å². The van der Waals surface area contributed by atoms with Crippen LogP contribution in [-0.2, 0) is 7.05 Å². The minimum atomic E-state index is 0.0437. The largest absolute Gasteiger partial charge is 0.337 e. The second kappa shape index (κ2) is 4.86. The van der Waals surface area contributed by atoms with Gasteiger partial charge in [-0.3, -0.25) is 9.48 Å². The molecule has 0 aromatic carbocycles. The maximum atomic E-state index is 12.7. The molecular weight excluding hydrogens is 254 g/mol. The molecule has 1 atom stereocenters. The fourth-order valence-electron chi connectivity index (χ4n) is 2.74. The first kappa shape index (κ1) is 13.1. The van der Waals surface area contributed by atoms with Gasteiger partial charge in [0.15, 0.2) is 5.65 Å². The van der Waals surface area contributed by atoms with Gasteiger partial charge in [0.1, 0.15) is 0 Å². The van der Waals surface area contributed by atoms with E-state index in [9.17, 15) is 4.79 Å². The lowest BCUT2D eigenvalue weighted by atomic mass is 10.1. The summed E-state index contributed by atoms with van der Waals surface area (Å²) in [5, 5.41) is 8.32. The van der Waals surface area contributed by atoms with Gasteiger partial charge in [0.05, 0.1) is 17.1 Å². The van der Waals surface area contributed by atoms with E-state index in [1.807, 2.05) is 32.0 Å². The number of pyridine rings is 1. The summed E-state index contributed by atoms with van der Waals surface area (Å²) in [7, 11) is 3.71. The van der Waals surface area contributed by atoms with E-state index < -0.39 is 0 Å². The summed E-state index contributed by atoms with van der Waals surface area (Å²) in [6.45, 7) is 3.74. The molecule has 1 aliphatic rings. The fourth-order valence-corrected chi connectivity index (χ4v) is 2.74. The zero-order valence-electron chi connectivity index (χ0n) is 12.1. The number of aryl methyl sites for hydroxylation is 2. The predicted molar refractivity (Wildman–Crippen MR) is 76.6 cm³/mol. The molecule has 1 unspecified atom stereocenters. The van der Waals surface area contributed by atoms with Crippen molar-refractivity contribution >= 4 is 16.9 Å². The molecule has 2 aromatic heterocycles. The van der Waals surface area contributed by atoms with Gasteiger partial charge in [-0.05, 0) is 26.0 Å². The topological polar surface area (TPSA) is 63.1 Å². The van der Waals surface area contributed by atoms with Gasteiger partial charge in [0.2, 0.25) is 0 Å². The highest BCUT2D eigenvalue weighted by Gasteiger charge is 2.26. The van der Waals surface area contributed by atoms with E-state index in [-0.39, 0.29) is 11.9 Å². The smallest absolute Gasteiger partial charge is 0.254 e. The van der Waals surface area contributed by atoms with Gasteiger partial charge in [0.25, 0.3) is 5.91 Å². The Kier molecular flexibility index (Phi) is 3.17. The second-order valence-electron chi connectivity index (χ2n) is 5.38. The van der Waals surface area contributed by atoms with Crippen molar-refractivity contribution in [3.63, 3.8) is 0 Å². The first-order chi connectivity index (χ1) is 9.58. The Balaban J connectivity index is 2.02. The number of aromatic nitrogens is 3. The molecular formula is C14H19N5O. The molecule has 3 rings (SSSR count). The first-order valence-electron chi connectivity index (χ1n) is 6.85. The maximum Gasteiger partial charge on any atom is 0.254 e. The van der Waals surface area contributed by atoms with E-state index in [1.165, 1.54) is 0 Å². The van der Waals surface area contributed by atoms with Gasteiger partial charge >= 0.3 is 0 Å². The van der Waals surface area contributed by atoms with Crippen LogP contribution in [0.15, 0.2) is 12.3 Å². The van der Waals surface area contributed by atoms with E-state index in [0.717, 1.165) is 36.2 Å². The number of nitrogens with one attached hydrogen (secondary N) is 1. The highest BCUT2D eigenvalue weighted by molar-refractivity contribution is 6.05. The summed E-state index contributed by atoms with van der Waals surface area (Å²) in [5.74, 6) is 0.0437. The van der Waals surface area contributed by atoms with E-state index in [2.05, 4.69) is 15.4 Å². The van der Waals surface area contributed by atoms with Crippen LogP contribution in [0.25, 0.3) is 11.0 Å². The Morgan fingerprint density at radius 1 is 1.55 bits per heavy atom. The lowest BCUT2D eigenvalue weighted by Gasteiger charge is -2.24. The lowest BCUT2D eigenvalue weighted by Crippen LogP contribution is -2.38. The van der Waals surface area contributed by atoms with Crippen LogP contribution in [0.4, 0.5) is 0 Å². The zero-order chi connectivity index (χ0) is 14.3. The number of hydrogen-bond acceptors (Lipinski definition) is 4. The van der Waals surface area contributed by atoms with Crippen molar-refractivity contribution in [1.82, 2.24) is 25.0 Å². The molecule has 0 spiro atoms. The molecule has 1 aliphatic heterocycles. The van der Waals surface area contributed by atoms with Gasteiger partial charge in [-0.25, -0.2) is 4.98 Å². The van der Waals surface area contributed by atoms with Crippen molar-refractivity contribution in [2.24, 2.45) is 7.05 Å². The molecule has 0 saturated carbocycles. The number of fused-ring (bicyclic) bond motifs is 1. The quantitative estimate of drug-likeness (QED) is 0.875. The molecule has 0 aliphatic carbocycles. The Morgan fingerprint density at radius 3 is 3.05 bits per heavy atom. The summed E-state index contributed by atoms with van der Waals surface area (Å²) >= 11 is 0. The third-order valence-corrected chi connectivity index (χ3v) is 3.97. The third kappa shape index (κ3) is 2.06. The minimum absolute atomic E-state index is 0.0437. The predicted octanol–water partition coefficient (Wildman–Crippen LogP) is 0.711. The molecule has 1 fully saturated rings. The van der Waals surface area contributed by atoms with Gasteiger partial charge in [-0.2, -0.15) is 5.10 Å². The van der Waals surface area contributed by atoms with Crippen molar-refractivity contribution in [3.8, 4) is 0 Å².